The van der Waals surface area contributed by atoms with E-state index < -0.39 is 0 Å². The Morgan fingerprint density at radius 3 is 2.26 bits per heavy atom. The smallest absolute Gasteiger partial charge is 0.307 e. The van der Waals surface area contributed by atoms with Gasteiger partial charge in [0.15, 0.2) is 5.58 Å². The third-order valence-corrected chi connectivity index (χ3v) is 8.97. The van der Waals surface area contributed by atoms with E-state index in [9.17, 15) is 0 Å². The Kier molecular flexibility index (Phi) is 4.21. The Morgan fingerprint density at radius 2 is 1.31 bits per heavy atom. The molecule has 3 aromatic heterocycles. The van der Waals surface area contributed by atoms with E-state index in [0.29, 0.717) is 6.01 Å². The van der Waals surface area contributed by atoms with Crippen molar-refractivity contribution in [2.24, 2.45) is 0 Å². The van der Waals surface area contributed by atoms with Crippen LogP contribution in [-0.4, -0.2) is 9.55 Å². The monoisotopic (exact) mass is 516 g/mol. The number of benzene rings is 6. The Bertz CT molecular complexity index is 2410. The predicted octanol–water partition coefficient (Wildman–Crippen LogP) is 10.1. The molecule has 3 nitrogen and oxygen atoms in total. The molecule has 0 fully saturated rings. The molecule has 0 aliphatic carbocycles. The Hall–Kier alpha value is -4.93. The van der Waals surface area contributed by atoms with Gasteiger partial charge in [-0.15, -0.1) is 11.3 Å². The highest BCUT2D eigenvalue weighted by Gasteiger charge is 2.19. The molecule has 0 radical (unpaired) electrons. The third kappa shape index (κ3) is 3.01. The second-order valence-electron chi connectivity index (χ2n) is 10.0. The molecule has 0 aliphatic heterocycles. The van der Waals surface area contributed by atoms with Crippen molar-refractivity contribution >= 4 is 75.2 Å². The number of para-hydroxylation sites is 1. The van der Waals surface area contributed by atoms with Gasteiger partial charge in [-0.1, -0.05) is 78.9 Å². The van der Waals surface area contributed by atoms with E-state index in [1.54, 1.807) is 11.3 Å². The van der Waals surface area contributed by atoms with Crippen LogP contribution in [0.3, 0.4) is 0 Å². The first kappa shape index (κ1) is 21.1. The molecule has 6 aromatic carbocycles. The number of aromatic nitrogens is 2. The van der Waals surface area contributed by atoms with Crippen LogP contribution in [0.4, 0.5) is 0 Å². The zero-order valence-corrected chi connectivity index (χ0v) is 21.6. The molecule has 0 saturated carbocycles. The van der Waals surface area contributed by atoms with Crippen molar-refractivity contribution in [3.8, 4) is 17.1 Å². The molecule has 3 heterocycles. The van der Waals surface area contributed by atoms with Crippen molar-refractivity contribution in [2.75, 3.05) is 0 Å². The fraction of sp³-hybridized carbons (Fsp3) is 0. The molecular weight excluding hydrogens is 496 g/mol. The fourth-order valence-corrected chi connectivity index (χ4v) is 7.11. The lowest BCUT2D eigenvalue weighted by molar-refractivity contribution is 0.577. The van der Waals surface area contributed by atoms with E-state index in [0.717, 1.165) is 27.5 Å². The third-order valence-electron chi connectivity index (χ3n) is 7.83. The summed E-state index contributed by atoms with van der Waals surface area (Å²) in [6, 6.07) is 43.7. The minimum atomic E-state index is 0.595. The summed E-state index contributed by atoms with van der Waals surface area (Å²) < 4.78 is 11.3. The first-order valence-corrected chi connectivity index (χ1v) is 13.9. The van der Waals surface area contributed by atoms with Crippen molar-refractivity contribution in [3.63, 3.8) is 0 Å². The van der Waals surface area contributed by atoms with Crippen LogP contribution < -0.4 is 0 Å². The lowest BCUT2D eigenvalue weighted by atomic mass is 9.99. The van der Waals surface area contributed by atoms with E-state index in [2.05, 4.69) is 126 Å². The summed E-state index contributed by atoms with van der Waals surface area (Å²) in [6.45, 7) is 0. The van der Waals surface area contributed by atoms with Gasteiger partial charge in [0.25, 0.3) is 0 Å². The van der Waals surface area contributed by atoms with Gasteiger partial charge in [-0.2, -0.15) is 4.98 Å². The maximum atomic E-state index is 6.63. The first-order valence-electron chi connectivity index (χ1n) is 13.1. The number of rotatable bonds is 2. The zero-order chi connectivity index (χ0) is 25.5. The van der Waals surface area contributed by atoms with Gasteiger partial charge in [-0.3, -0.25) is 4.57 Å². The minimum absolute atomic E-state index is 0.595. The van der Waals surface area contributed by atoms with E-state index in [-0.39, 0.29) is 0 Å². The van der Waals surface area contributed by atoms with Gasteiger partial charge in [0.1, 0.15) is 5.52 Å². The van der Waals surface area contributed by atoms with Crippen molar-refractivity contribution in [1.29, 1.82) is 0 Å². The number of nitrogens with zero attached hydrogens (tertiary/aromatic N) is 2. The van der Waals surface area contributed by atoms with Crippen molar-refractivity contribution in [3.05, 3.63) is 121 Å². The largest absolute Gasteiger partial charge is 0.422 e. The zero-order valence-electron chi connectivity index (χ0n) is 20.8. The summed E-state index contributed by atoms with van der Waals surface area (Å²) in [5.74, 6) is 0. The predicted molar refractivity (Wildman–Crippen MR) is 164 cm³/mol. The van der Waals surface area contributed by atoms with Crippen LogP contribution in [0.15, 0.2) is 126 Å². The lowest BCUT2D eigenvalue weighted by Gasteiger charge is -2.06. The minimum Gasteiger partial charge on any atom is -0.422 e. The summed E-state index contributed by atoms with van der Waals surface area (Å²) in [7, 11) is 0. The molecule has 9 aromatic rings. The molecule has 0 atom stereocenters. The fourth-order valence-electron chi connectivity index (χ4n) is 6.01. The number of oxazole rings is 1. The topological polar surface area (TPSA) is 31.0 Å². The van der Waals surface area contributed by atoms with Gasteiger partial charge in [0.2, 0.25) is 0 Å². The normalized spacial score (nSPS) is 12.1. The van der Waals surface area contributed by atoms with E-state index in [4.69, 9.17) is 9.40 Å². The molecule has 4 heteroatoms. The van der Waals surface area contributed by atoms with Crippen LogP contribution in [0.25, 0.3) is 81.0 Å². The summed E-state index contributed by atoms with van der Waals surface area (Å²) >= 11 is 1.79. The summed E-state index contributed by atoms with van der Waals surface area (Å²) in [4.78, 5) is 5.01. The molecule has 0 saturated heterocycles. The van der Waals surface area contributed by atoms with Gasteiger partial charge in [0.05, 0.1) is 11.0 Å². The van der Waals surface area contributed by atoms with Gasteiger partial charge in [-0.25, -0.2) is 0 Å². The van der Waals surface area contributed by atoms with Crippen molar-refractivity contribution < 1.29 is 4.42 Å². The van der Waals surface area contributed by atoms with Crippen molar-refractivity contribution in [2.45, 2.75) is 0 Å². The Morgan fingerprint density at radius 1 is 0.564 bits per heavy atom. The SMILES string of the molecule is c1ccc2cc(-c3ccc4c(c3)c3ccccc3n4-c3nc4ccc5sc6ccccc6c5c4o3)ccc2c1. The van der Waals surface area contributed by atoms with Gasteiger partial charge in [0, 0.05) is 30.9 Å². The standard InChI is InChI=1S/C35H20N2OS/c1-2-8-22-19-23(14-13-21(22)7-1)24-15-17-30-27(20-24)25-9-3-5-11-29(25)37(30)35-36-28-16-18-32-33(34(28)38-35)26-10-4-6-12-31(26)39-32/h1-20H. The second kappa shape index (κ2) is 7.79. The molecule has 39 heavy (non-hydrogen) atoms. The summed E-state index contributed by atoms with van der Waals surface area (Å²) in [5, 5.41) is 7.23. The highest BCUT2D eigenvalue weighted by molar-refractivity contribution is 7.26. The Balaban J connectivity index is 1.30. The average Bonchev–Trinajstić information content (AvgIpc) is 3.67. The molecule has 182 valence electrons. The second-order valence-corrected chi connectivity index (χ2v) is 11.1. The molecule has 0 unspecified atom stereocenters. The van der Waals surface area contributed by atoms with Crippen LogP contribution in [-0.2, 0) is 0 Å². The molecule has 0 bridgehead atoms. The molecule has 9 rings (SSSR count). The maximum absolute atomic E-state index is 6.63. The maximum Gasteiger partial charge on any atom is 0.307 e. The van der Waals surface area contributed by atoms with E-state index in [1.807, 2.05) is 0 Å². The van der Waals surface area contributed by atoms with Crippen LogP contribution in [0.2, 0.25) is 0 Å². The quantitative estimate of drug-likeness (QED) is 0.229. The van der Waals surface area contributed by atoms with Crippen LogP contribution in [0.5, 0.6) is 0 Å². The average molecular weight is 517 g/mol. The summed E-state index contributed by atoms with van der Waals surface area (Å²) in [5.41, 5.74) is 6.29. The molecule has 0 aliphatic rings. The van der Waals surface area contributed by atoms with Crippen LogP contribution in [0, 0.1) is 0 Å². The highest BCUT2D eigenvalue weighted by Crippen LogP contribution is 2.40. The van der Waals surface area contributed by atoms with Gasteiger partial charge in [-0.05, 0) is 64.4 Å². The number of fused-ring (bicyclic) bond motifs is 9. The summed E-state index contributed by atoms with van der Waals surface area (Å²) in [6.07, 6.45) is 0. The van der Waals surface area contributed by atoms with Crippen LogP contribution >= 0.6 is 11.3 Å². The first-order chi connectivity index (χ1) is 19.3. The molecule has 0 spiro atoms. The Labute approximate surface area is 227 Å². The van der Waals surface area contributed by atoms with Gasteiger partial charge < -0.3 is 4.42 Å². The van der Waals surface area contributed by atoms with Crippen molar-refractivity contribution in [1.82, 2.24) is 9.55 Å². The lowest BCUT2D eigenvalue weighted by Crippen LogP contribution is -1.93. The highest BCUT2D eigenvalue weighted by atomic mass is 32.1. The van der Waals surface area contributed by atoms with E-state index >= 15 is 0 Å². The molecule has 0 amide bonds. The number of thiophene rings is 1. The van der Waals surface area contributed by atoms with Gasteiger partial charge >= 0.3 is 6.01 Å². The van der Waals surface area contributed by atoms with E-state index in [1.165, 1.54) is 47.5 Å². The molecule has 0 N–H and O–H groups in total. The molecular formula is C35H20N2OS. The number of hydrogen-bond acceptors (Lipinski definition) is 3. The number of hydrogen-bond donors (Lipinski definition) is 0. The van der Waals surface area contributed by atoms with Crippen LogP contribution in [0.1, 0.15) is 0 Å².